The van der Waals surface area contributed by atoms with Crippen LogP contribution in [0.3, 0.4) is 0 Å². The van der Waals surface area contributed by atoms with E-state index in [0.717, 1.165) is 68.6 Å². The van der Waals surface area contributed by atoms with Gasteiger partial charge in [0.15, 0.2) is 5.96 Å². The summed E-state index contributed by atoms with van der Waals surface area (Å²) in [6.07, 6.45) is 0. The van der Waals surface area contributed by atoms with Crippen molar-refractivity contribution in [2.24, 2.45) is 4.99 Å². The maximum atomic E-state index is 13.4. The summed E-state index contributed by atoms with van der Waals surface area (Å²) >= 11 is 0. The number of ether oxygens (including phenoxy) is 1. The molecule has 0 unspecified atom stereocenters. The molecule has 0 radical (unpaired) electrons. The third kappa shape index (κ3) is 4.74. The molecular formula is C19H27FN4O2. The van der Waals surface area contributed by atoms with Crippen LogP contribution in [0.1, 0.15) is 18.2 Å². The molecule has 0 saturated carbocycles. The largest absolute Gasteiger partial charge is 0.459 e. The average molecular weight is 362 g/mol. The van der Waals surface area contributed by atoms with Gasteiger partial charge in [0.2, 0.25) is 0 Å². The monoisotopic (exact) mass is 362 g/mol. The number of morpholine rings is 1. The minimum absolute atomic E-state index is 0.255. The molecule has 26 heavy (non-hydrogen) atoms. The summed E-state index contributed by atoms with van der Waals surface area (Å²) < 4.78 is 24.6. The number of aliphatic imine (C=N–C) groups is 1. The number of nitrogens with one attached hydrogen (secondary N) is 2. The van der Waals surface area contributed by atoms with E-state index in [9.17, 15) is 4.39 Å². The van der Waals surface area contributed by atoms with Crippen LogP contribution in [0.5, 0.6) is 0 Å². The van der Waals surface area contributed by atoms with Crippen LogP contribution >= 0.6 is 0 Å². The number of halogens is 1. The SMILES string of the molecule is CCNC(=NCc1oc2ccc(F)cc2c1C)NCCN1CCOCC1. The second-order valence-corrected chi connectivity index (χ2v) is 6.37. The van der Waals surface area contributed by atoms with E-state index in [-0.39, 0.29) is 5.82 Å². The van der Waals surface area contributed by atoms with E-state index in [0.29, 0.717) is 12.1 Å². The summed E-state index contributed by atoms with van der Waals surface area (Å²) in [6.45, 7) is 10.5. The van der Waals surface area contributed by atoms with Crippen LogP contribution < -0.4 is 10.6 Å². The normalized spacial score (nSPS) is 16.2. The van der Waals surface area contributed by atoms with E-state index < -0.39 is 0 Å². The molecule has 2 N–H and O–H groups in total. The maximum absolute atomic E-state index is 13.4. The van der Waals surface area contributed by atoms with Crippen molar-refractivity contribution < 1.29 is 13.5 Å². The van der Waals surface area contributed by atoms with Crippen molar-refractivity contribution in [3.8, 4) is 0 Å². The van der Waals surface area contributed by atoms with Gasteiger partial charge in [-0.1, -0.05) is 0 Å². The maximum Gasteiger partial charge on any atom is 0.191 e. The molecule has 0 atom stereocenters. The number of rotatable bonds is 6. The molecular weight excluding hydrogens is 335 g/mol. The fourth-order valence-electron chi connectivity index (χ4n) is 3.04. The molecule has 1 saturated heterocycles. The van der Waals surface area contributed by atoms with Crippen LogP contribution in [0.25, 0.3) is 11.0 Å². The van der Waals surface area contributed by atoms with Crippen LogP contribution in [0, 0.1) is 12.7 Å². The second-order valence-electron chi connectivity index (χ2n) is 6.37. The van der Waals surface area contributed by atoms with E-state index in [1.54, 1.807) is 6.07 Å². The van der Waals surface area contributed by atoms with Gasteiger partial charge >= 0.3 is 0 Å². The number of hydrogen-bond acceptors (Lipinski definition) is 4. The number of hydrogen-bond donors (Lipinski definition) is 2. The van der Waals surface area contributed by atoms with Crippen molar-refractivity contribution >= 4 is 16.9 Å². The van der Waals surface area contributed by atoms with Gasteiger partial charge in [-0.3, -0.25) is 4.90 Å². The molecule has 2 heterocycles. The van der Waals surface area contributed by atoms with Crippen LogP contribution in [0.2, 0.25) is 0 Å². The Bertz CT molecular complexity index is 753. The Morgan fingerprint density at radius 3 is 2.85 bits per heavy atom. The fraction of sp³-hybridized carbons (Fsp3) is 0.526. The quantitative estimate of drug-likeness (QED) is 0.610. The van der Waals surface area contributed by atoms with Crippen molar-refractivity contribution in [3.63, 3.8) is 0 Å². The lowest BCUT2D eigenvalue weighted by Crippen LogP contribution is -2.44. The van der Waals surface area contributed by atoms with E-state index in [1.165, 1.54) is 12.1 Å². The summed E-state index contributed by atoms with van der Waals surface area (Å²) in [7, 11) is 0. The number of nitrogens with zero attached hydrogens (tertiary/aromatic N) is 2. The Kier molecular flexibility index (Phi) is 6.46. The number of benzene rings is 1. The van der Waals surface area contributed by atoms with Gasteiger partial charge in [-0.25, -0.2) is 9.38 Å². The Morgan fingerprint density at radius 2 is 2.08 bits per heavy atom. The van der Waals surface area contributed by atoms with Crippen molar-refractivity contribution in [2.75, 3.05) is 45.9 Å². The summed E-state index contributed by atoms with van der Waals surface area (Å²) in [6, 6.07) is 4.58. The molecule has 142 valence electrons. The number of aryl methyl sites for hydroxylation is 1. The third-order valence-electron chi connectivity index (χ3n) is 4.55. The number of fused-ring (bicyclic) bond motifs is 1. The van der Waals surface area contributed by atoms with Gasteiger partial charge in [0.05, 0.1) is 13.2 Å². The molecule has 2 aromatic rings. The molecule has 0 bridgehead atoms. The molecule has 1 aliphatic heterocycles. The zero-order chi connectivity index (χ0) is 18.4. The summed E-state index contributed by atoms with van der Waals surface area (Å²) in [5, 5.41) is 7.41. The van der Waals surface area contributed by atoms with Crippen LogP contribution in [0.4, 0.5) is 4.39 Å². The van der Waals surface area contributed by atoms with E-state index in [1.807, 2.05) is 13.8 Å². The van der Waals surface area contributed by atoms with Gasteiger partial charge in [-0.15, -0.1) is 0 Å². The Hall–Kier alpha value is -2.12. The van der Waals surface area contributed by atoms with Crippen molar-refractivity contribution in [2.45, 2.75) is 20.4 Å². The number of guanidine groups is 1. The topological polar surface area (TPSA) is 62.0 Å². The molecule has 3 rings (SSSR count). The van der Waals surface area contributed by atoms with Gasteiger partial charge in [-0.2, -0.15) is 0 Å². The van der Waals surface area contributed by atoms with Crippen molar-refractivity contribution in [3.05, 3.63) is 35.3 Å². The highest BCUT2D eigenvalue weighted by Crippen LogP contribution is 2.26. The van der Waals surface area contributed by atoms with Gasteiger partial charge in [-0.05, 0) is 32.0 Å². The summed E-state index contributed by atoms with van der Waals surface area (Å²) in [5.74, 6) is 1.26. The summed E-state index contributed by atoms with van der Waals surface area (Å²) in [4.78, 5) is 6.98. The highest BCUT2D eigenvalue weighted by atomic mass is 19.1. The van der Waals surface area contributed by atoms with Crippen LogP contribution in [-0.2, 0) is 11.3 Å². The molecule has 1 aliphatic rings. The molecule has 1 aromatic carbocycles. The minimum Gasteiger partial charge on any atom is -0.459 e. The predicted molar refractivity (Wildman–Crippen MR) is 101 cm³/mol. The molecule has 1 aromatic heterocycles. The Balaban J connectivity index is 1.60. The van der Waals surface area contributed by atoms with Gasteiger partial charge in [0, 0.05) is 43.7 Å². The predicted octanol–water partition coefficient (Wildman–Crippen LogP) is 2.27. The standard InChI is InChI=1S/C19H27FN4O2/c1-3-21-19(22-6-7-24-8-10-25-11-9-24)23-13-18-14(2)16-12-15(20)4-5-17(16)26-18/h4-5,12H,3,6-11,13H2,1-2H3,(H2,21,22,23). The fourth-order valence-corrected chi connectivity index (χ4v) is 3.04. The van der Waals surface area contributed by atoms with E-state index in [4.69, 9.17) is 9.15 Å². The smallest absolute Gasteiger partial charge is 0.191 e. The van der Waals surface area contributed by atoms with Crippen molar-refractivity contribution in [1.82, 2.24) is 15.5 Å². The Labute approximate surface area is 153 Å². The van der Waals surface area contributed by atoms with E-state index in [2.05, 4.69) is 20.5 Å². The molecule has 1 fully saturated rings. The average Bonchev–Trinajstić information content (AvgIpc) is 2.96. The lowest BCUT2D eigenvalue weighted by atomic mass is 10.1. The first-order chi connectivity index (χ1) is 12.7. The van der Waals surface area contributed by atoms with Gasteiger partial charge < -0.3 is 19.8 Å². The zero-order valence-electron chi connectivity index (χ0n) is 15.5. The molecule has 0 aliphatic carbocycles. The minimum atomic E-state index is -0.255. The first-order valence-electron chi connectivity index (χ1n) is 9.17. The van der Waals surface area contributed by atoms with Gasteiger partial charge in [0.25, 0.3) is 0 Å². The van der Waals surface area contributed by atoms with Crippen LogP contribution in [0.15, 0.2) is 27.6 Å². The highest BCUT2D eigenvalue weighted by molar-refractivity contribution is 5.82. The van der Waals surface area contributed by atoms with Crippen LogP contribution in [-0.4, -0.2) is 56.8 Å². The third-order valence-corrected chi connectivity index (χ3v) is 4.55. The lowest BCUT2D eigenvalue weighted by molar-refractivity contribution is 0.0389. The molecule has 0 amide bonds. The first-order valence-corrected chi connectivity index (χ1v) is 9.17. The molecule has 0 spiro atoms. The Morgan fingerprint density at radius 1 is 1.27 bits per heavy atom. The second kappa shape index (κ2) is 9.00. The van der Waals surface area contributed by atoms with Gasteiger partial charge in [0.1, 0.15) is 23.7 Å². The molecule has 6 nitrogen and oxygen atoms in total. The number of furan rings is 1. The highest BCUT2D eigenvalue weighted by Gasteiger charge is 2.12. The van der Waals surface area contributed by atoms with E-state index >= 15 is 0 Å². The summed E-state index contributed by atoms with van der Waals surface area (Å²) in [5.41, 5.74) is 1.63. The lowest BCUT2D eigenvalue weighted by Gasteiger charge is -2.26. The molecule has 7 heteroatoms. The first kappa shape index (κ1) is 18.7. The van der Waals surface area contributed by atoms with Crippen molar-refractivity contribution in [1.29, 1.82) is 0 Å². The zero-order valence-corrected chi connectivity index (χ0v) is 15.5.